The minimum atomic E-state index is -0.515. The molecule has 6 heteroatoms. The summed E-state index contributed by atoms with van der Waals surface area (Å²) in [5, 5.41) is 2.77. The second-order valence-electron chi connectivity index (χ2n) is 8.01. The van der Waals surface area contributed by atoms with Crippen molar-refractivity contribution < 1.29 is 9.53 Å². The number of nitrogens with one attached hydrogen (secondary N) is 1. The monoisotopic (exact) mass is 404 g/mol. The van der Waals surface area contributed by atoms with Gasteiger partial charge >= 0.3 is 6.09 Å². The zero-order valence-corrected chi connectivity index (χ0v) is 17.9. The van der Waals surface area contributed by atoms with Crippen LogP contribution in [-0.4, -0.2) is 41.8 Å². The fourth-order valence-corrected chi connectivity index (χ4v) is 2.92. The Morgan fingerprint density at radius 2 is 1.53 bits per heavy atom. The van der Waals surface area contributed by atoms with Crippen LogP contribution < -0.4 is 10.2 Å². The molecule has 30 heavy (non-hydrogen) atoms. The quantitative estimate of drug-likeness (QED) is 0.641. The van der Waals surface area contributed by atoms with Crippen molar-refractivity contribution in [2.24, 2.45) is 0 Å². The fraction of sp³-hybridized carbons (Fsp3) is 0.292. The van der Waals surface area contributed by atoms with Gasteiger partial charge in [-0.2, -0.15) is 0 Å². The molecule has 0 atom stereocenters. The third-order valence-corrected chi connectivity index (χ3v) is 4.36. The van der Waals surface area contributed by atoms with Gasteiger partial charge in [0.25, 0.3) is 0 Å². The summed E-state index contributed by atoms with van der Waals surface area (Å²) in [5.41, 5.74) is 3.17. The number of likely N-dealkylation sites (N-methyl/N-ethyl adjacent to an activating group) is 1. The second kappa shape index (κ2) is 9.39. The van der Waals surface area contributed by atoms with Gasteiger partial charge in [0.2, 0.25) is 0 Å². The normalized spacial score (nSPS) is 11.1. The first kappa shape index (κ1) is 21.3. The van der Waals surface area contributed by atoms with E-state index < -0.39 is 11.7 Å². The minimum Gasteiger partial charge on any atom is -0.444 e. The first-order valence-electron chi connectivity index (χ1n) is 9.99. The third kappa shape index (κ3) is 5.80. The number of ether oxygens (including phenoxy) is 1. The molecule has 0 saturated heterocycles. The van der Waals surface area contributed by atoms with Gasteiger partial charge in [-0.25, -0.2) is 9.78 Å². The Hall–Kier alpha value is -3.41. The molecule has 0 spiro atoms. The summed E-state index contributed by atoms with van der Waals surface area (Å²) in [4.78, 5) is 23.4. The number of carbonyl (C=O) groups is 1. The van der Waals surface area contributed by atoms with E-state index in [0.717, 1.165) is 28.3 Å². The average molecular weight is 405 g/mol. The molecule has 0 aliphatic heterocycles. The number of benzene rings is 2. The highest BCUT2D eigenvalue weighted by atomic mass is 16.6. The zero-order chi connectivity index (χ0) is 21.6. The van der Waals surface area contributed by atoms with Crippen molar-refractivity contribution in [1.29, 1.82) is 0 Å². The molecule has 1 amide bonds. The van der Waals surface area contributed by atoms with Gasteiger partial charge in [-0.05, 0) is 20.8 Å². The van der Waals surface area contributed by atoms with Gasteiger partial charge in [0.05, 0.1) is 17.6 Å². The molecule has 0 aliphatic rings. The van der Waals surface area contributed by atoms with Gasteiger partial charge in [-0.15, -0.1) is 0 Å². The van der Waals surface area contributed by atoms with E-state index in [2.05, 4.69) is 5.32 Å². The summed E-state index contributed by atoms with van der Waals surface area (Å²) < 4.78 is 5.27. The highest BCUT2D eigenvalue weighted by Gasteiger charge is 2.17. The molecule has 6 nitrogen and oxygen atoms in total. The molecule has 1 N–H and O–H groups in total. The molecule has 0 radical (unpaired) electrons. The van der Waals surface area contributed by atoms with E-state index in [9.17, 15) is 4.79 Å². The lowest BCUT2D eigenvalue weighted by Gasteiger charge is -2.22. The zero-order valence-electron chi connectivity index (χ0n) is 17.9. The molecular weight excluding hydrogens is 376 g/mol. The smallest absolute Gasteiger partial charge is 0.407 e. The number of alkyl carbamates (subject to hydrolysis) is 1. The van der Waals surface area contributed by atoms with Gasteiger partial charge in [0.1, 0.15) is 11.4 Å². The van der Waals surface area contributed by atoms with Crippen LogP contribution in [0, 0.1) is 0 Å². The Labute approximate surface area is 177 Å². The van der Waals surface area contributed by atoms with E-state index in [-0.39, 0.29) is 0 Å². The summed E-state index contributed by atoms with van der Waals surface area (Å²) in [5.74, 6) is 0.736. The van der Waals surface area contributed by atoms with E-state index in [1.54, 1.807) is 6.20 Å². The van der Waals surface area contributed by atoms with Crippen LogP contribution in [0.5, 0.6) is 0 Å². The molecule has 1 heterocycles. The van der Waals surface area contributed by atoms with Crippen molar-refractivity contribution in [3.63, 3.8) is 0 Å². The van der Waals surface area contributed by atoms with Crippen LogP contribution in [0.25, 0.3) is 22.5 Å². The van der Waals surface area contributed by atoms with Crippen LogP contribution in [0.1, 0.15) is 20.8 Å². The Morgan fingerprint density at radius 3 is 2.10 bits per heavy atom. The number of aromatic nitrogens is 2. The fourth-order valence-electron chi connectivity index (χ4n) is 2.92. The topological polar surface area (TPSA) is 67.4 Å². The van der Waals surface area contributed by atoms with Gasteiger partial charge in [0, 0.05) is 31.3 Å². The summed E-state index contributed by atoms with van der Waals surface area (Å²) in [6, 6.07) is 20.1. The average Bonchev–Trinajstić information content (AvgIpc) is 2.73. The van der Waals surface area contributed by atoms with Crippen LogP contribution in [0.2, 0.25) is 0 Å². The van der Waals surface area contributed by atoms with E-state index in [4.69, 9.17) is 14.7 Å². The maximum atomic E-state index is 11.8. The first-order valence-corrected chi connectivity index (χ1v) is 9.99. The van der Waals surface area contributed by atoms with Crippen molar-refractivity contribution in [3.8, 4) is 22.5 Å². The largest absolute Gasteiger partial charge is 0.444 e. The summed E-state index contributed by atoms with van der Waals surface area (Å²) >= 11 is 0. The maximum absolute atomic E-state index is 11.8. The van der Waals surface area contributed by atoms with E-state index in [1.807, 2.05) is 93.4 Å². The van der Waals surface area contributed by atoms with Gasteiger partial charge in [-0.1, -0.05) is 60.7 Å². The van der Waals surface area contributed by atoms with Crippen molar-refractivity contribution in [3.05, 3.63) is 66.9 Å². The second-order valence-corrected chi connectivity index (χ2v) is 8.01. The maximum Gasteiger partial charge on any atom is 0.407 e. The summed E-state index contributed by atoms with van der Waals surface area (Å²) in [6.07, 6.45) is 1.34. The molecule has 2 aromatic carbocycles. The predicted octanol–water partition coefficient (Wildman–Crippen LogP) is 4.77. The molecular formula is C24H28N4O2. The van der Waals surface area contributed by atoms with Crippen LogP contribution in [-0.2, 0) is 4.74 Å². The van der Waals surface area contributed by atoms with Crippen molar-refractivity contribution in [1.82, 2.24) is 15.3 Å². The molecule has 3 aromatic rings. The lowest BCUT2D eigenvalue weighted by molar-refractivity contribution is 0.0529. The predicted molar refractivity (Wildman–Crippen MR) is 120 cm³/mol. The highest BCUT2D eigenvalue weighted by molar-refractivity contribution is 5.78. The first-order chi connectivity index (χ1) is 14.3. The molecule has 0 unspecified atom stereocenters. The number of hydrogen-bond donors (Lipinski definition) is 1. The van der Waals surface area contributed by atoms with Gasteiger partial charge in [-0.3, -0.25) is 4.98 Å². The van der Waals surface area contributed by atoms with Gasteiger partial charge in [0.15, 0.2) is 0 Å². The molecule has 0 aliphatic carbocycles. The summed E-state index contributed by atoms with van der Waals surface area (Å²) in [6.45, 7) is 6.54. The molecule has 0 saturated carbocycles. The summed E-state index contributed by atoms with van der Waals surface area (Å²) in [7, 11) is 1.93. The number of rotatable bonds is 6. The van der Waals surface area contributed by atoms with E-state index >= 15 is 0 Å². The Morgan fingerprint density at radius 1 is 0.967 bits per heavy atom. The number of hydrogen-bond acceptors (Lipinski definition) is 5. The standard InChI is InChI=1S/C24H28N4O2/c1-24(2,3)30-23(29)25-15-16-28(4)20-17-26-21(18-11-7-5-8-12-18)22(27-20)19-13-9-6-10-14-19/h5-14,17H,15-16H2,1-4H3,(H,25,29). The van der Waals surface area contributed by atoms with Crippen molar-refractivity contribution in [2.45, 2.75) is 26.4 Å². The number of carbonyl (C=O) groups excluding carboxylic acids is 1. The molecule has 0 fully saturated rings. The Kier molecular flexibility index (Phi) is 6.67. The molecule has 3 rings (SSSR count). The molecule has 156 valence electrons. The number of amides is 1. The number of anilines is 1. The van der Waals surface area contributed by atoms with E-state index in [0.29, 0.717) is 13.1 Å². The molecule has 0 bridgehead atoms. The van der Waals surface area contributed by atoms with Gasteiger partial charge < -0.3 is 15.0 Å². The van der Waals surface area contributed by atoms with Crippen LogP contribution >= 0.6 is 0 Å². The van der Waals surface area contributed by atoms with Crippen LogP contribution in [0.3, 0.4) is 0 Å². The number of nitrogens with zero attached hydrogens (tertiary/aromatic N) is 3. The van der Waals surface area contributed by atoms with Crippen molar-refractivity contribution >= 4 is 11.9 Å². The lowest BCUT2D eigenvalue weighted by Crippen LogP contribution is -2.37. The van der Waals surface area contributed by atoms with Crippen LogP contribution in [0.4, 0.5) is 10.6 Å². The SMILES string of the molecule is CN(CCNC(=O)OC(C)(C)C)c1cnc(-c2ccccc2)c(-c2ccccc2)n1. The lowest BCUT2D eigenvalue weighted by atomic mass is 10.0. The molecule has 1 aromatic heterocycles. The Balaban J connectivity index is 1.78. The van der Waals surface area contributed by atoms with E-state index in [1.165, 1.54) is 0 Å². The third-order valence-electron chi connectivity index (χ3n) is 4.36. The highest BCUT2D eigenvalue weighted by Crippen LogP contribution is 2.30. The van der Waals surface area contributed by atoms with Crippen molar-refractivity contribution in [2.75, 3.05) is 25.0 Å². The van der Waals surface area contributed by atoms with Crippen LogP contribution in [0.15, 0.2) is 66.9 Å². The minimum absolute atomic E-state index is 0.425. The Bertz CT molecular complexity index is 970.